The molecule has 22 heavy (non-hydrogen) atoms. The number of hydrogen-bond donors (Lipinski definition) is 0. The van der Waals surface area contributed by atoms with Gasteiger partial charge in [0, 0.05) is 13.1 Å². The summed E-state index contributed by atoms with van der Waals surface area (Å²) in [5, 5.41) is 12.9. The molecule has 2 aromatic carbocycles. The van der Waals surface area contributed by atoms with Gasteiger partial charge >= 0.3 is 0 Å². The van der Waals surface area contributed by atoms with E-state index in [0.29, 0.717) is 0 Å². The minimum Gasteiger partial charge on any atom is -0.379 e. The molecular weight excluding hydrogens is 278 g/mol. The molecule has 4 rings (SSSR count). The van der Waals surface area contributed by atoms with Gasteiger partial charge < -0.3 is 4.74 Å². The van der Waals surface area contributed by atoms with Crippen molar-refractivity contribution in [3.05, 3.63) is 54.6 Å². The quantitative estimate of drug-likeness (QED) is 0.739. The average molecular weight is 295 g/mol. The summed E-state index contributed by atoms with van der Waals surface area (Å²) in [4.78, 5) is 1.86. The van der Waals surface area contributed by atoms with Crippen molar-refractivity contribution in [2.45, 2.75) is 0 Å². The number of aromatic nitrogens is 3. The van der Waals surface area contributed by atoms with E-state index in [-0.39, 0.29) is 0 Å². The summed E-state index contributed by atoms with van der Waals surface area (Å²) in [5.74, 6) is 0. The molecule has 0 aliphatic carbocycles. The lowest BCUT2D eigenvalue weighted by Crippen LogP contribution is -2.52. The second kappa shape index (κ2) is 5.75. The summed E-state index contributed by atoms with van der Waals surface area (Å²) in [6.45, 7) is 3.08. The summed E-state index contributed by atoms with van der Waals surface area (Å²) in [6, 6.07) is 18.2. The molecule has 0 radical (unpaired) electrons. The molecule has 1 fully saturated rings. The fourth-order valence-corrected chi connectivity index (χ4v) is 2.69. The number of fused-ring (bicyclic) bond motifs is 1. The minimum atomic E-state index is 0.718. The molecule has 1 aromatic heterocycles. The maximum Gasteiger partial charge on any atom is 0.115 e. The van der Waals surface area contributed by atoms with Crippen molar-refractivity contribution >= 4 is 16.7 Å². The highest BCUT2D eigenvalue weighted by atomic mass is 16.5. The first-order valence-corrected chi connectivity index (χ1v) is 7.42. The van der Waals surface area contributed by atoms with Crippen molar-refractivity contribution in [1.29, 1.82) is 0 Å². The molecule has 1 aliphatic rings. The van der Waals surface area contributed by atoms with Crippen LogP contribution < -0.4 is 5.12 Å². The van der Waals surface area contributed by atoms with Gasteiger partial charge in [-0.15, -0.1) is 9.89 Å². The van der Waals surface area contributed by atoms with E-state index in [4.69, 9.17) is 4.74 Å². The SMILES string of the molecule is c1ccc(N(N2CCOCC2)n2nnc3ccccc32)cc1. The third-order valence-electron chi connectivity index (χ3n) is 3.76. The van der Waals surface area contributed by atoms with E-state index in [0.717, 1.165) is 43.0 Å². The molecule has 0 bridgehead atoms. The van der Waals surface area contributed by atoms with Crippen LogP contribution in [0.3, 0.4) is 0 Å². The van der Waals surface area contributed by atoms with E-state index in [9.17, 15) is 0 Å². The van der Waals surface area contributed by atoms with Gasteiger partial charge in [-0.05, 0) is 29.5 Å². The molecular formula is C16H17N5O. The average Bonchev–Trinajstić information content (AvgIpc) is 3.01. The summed E-state index contributed by atoms with van der Waals surface area (Å²) in [6.07, 6.45) is 0. The lowest BCUT2D eigenvalue weighted by molar-refractivity contribution is 0.0246. The van der Waals surface area contributed by atoms with Gasteiger partial charge in [0.1, 0.15) is 11.0 Å². The van der Waals surface area contributed by atoms with Crippen molar-refractivity contribution in [2.24, 2.45) is 0 Å². The Morgan fingerprint density at radius 3 is 2.45 bits per heavy atom. The molecule has 0 N–H and O–H groups in total. The van der Waals surface area contributed by atoms with E-state index in [2.05, 4.69) is 32.6 Å². The molecule has 0 spiro atoms. The number of hydrogen-bond acceptors (Lipinski definition) is 5. The maximum absolute atomic E-state index is 5.48. The second-order valence-electron chi connectivity index (χ2n) is 5.16. The monoisotopic (exact) mass is 295 g/mol. The summed E-state index contributed by atoms with van der Waals surface area (Å²) in [7, 11) is 0. The van der Waals surface area contributed by atoms with Crippen molar-refractivity contribution < 1.29 is 4.74 Å². The van der Waals surface area contributed by atoms with E-state index >= 15 is 0 Å². The molecule has 3 aromatic rings. The smallest absolute Gasteiger partial charge is 0.115 e. The van der Waals surface area contributed by atoms with Gasteiger partial charge in [0.25, 0.3) is 0 Å². The van der Waals surface area contributed by atoms with Crippen molar-refractivity contribution in [1.82, 2.24) is 20.1 Å². The zero-order valence-corrected chi connectivity index (χ0v) is 12.2. The fourth-order valence-electron chi connectivity index (χ4n) is 2.69. The second-order valence-corrected chi connectivity index (χ2v) is 5.16. The number of nitrogens with zero attached hydrogens (tertiary/aromatic N) is 5. The Hall–Kier alpha value is -2.44. The van der Waals surface area contributed by atoms with Crippen LogP contribution in [0.1, 0.15) is 0 Å². The van der Waals surface area contributed by atoms with Crippen LogP contribution in [0.15, 0.2) is 54.6 Å². The Bertz CT molecular complexity index is 751. The number of anilines is 1. The molecule has 112 valence electrons. The van der Waals surface area contributed by atoms with E-state index in [1.807, 2.05) is 47.3 Å². The number of hydrazine groups is 1. The first kappa shape index (κ1) is 13.2. The fraction of sp³-hybridized carbons (Fsp3) is 0.250. The number of para-hydroxylation sites is 2. The van der Waals surface area contributed by atoms with Crippen LogP contribution in [0.4, 0.5) is 5.69 Å². The van der Waals surface area contributed by atoms with Crippen LogP contribution in [0, 0.1) is 0 Å². The van der Waals surface area contributed by atoms with Crippen molar-refractivity contribution in [3.8, 4) is 0 Å². The zero-order chi connectivity index (χ0) is 14.8. The van der Waals surface area contributed by atoms with E-state index in [1.54, 1.807) is 0 Å². The molecule has 1 aliphatic heterocycles. The first-order valence-electron chi connectivity index (χ1n) is 7.42. The summed E-state index contributed by atoms with van der Waals surface area (Å²) in [5.41, 5.74) is 2.93. The highest BCUT2D eigenvalue weighted by molar-refractivity contribution is 5.74. The highest BCUT2D eigenvalue weighted by Gasteiger charge is 2.23. The highest BCUT2D eigenvalue weighted by Crippen LogP contribution is 2.21. The predicted molar refractivity (Wildman–Crippen MR) is 84.2 cm³/mol. The molecule has 6 heteroatoms. The van der Waals surface area contributed by atoms with E-state index < -0.39 is 0 Å². The van der Waals surface area contributed by atoms with Gasteiger partial charge in [-0.2, -0.15) is 10.1 Å². The number of ether oxygens (including phenoxy) is 1. The number of benzene rings is 2. The maximum atomic E-state index is 5.48. The molecule has 0 atom stereocenters. The predicted octanol–water partition coefficient (Wildman–Crippen LogP) is 1.95. The Kier molecular flexibility index (Phi) is 3.46. The topological polar surface area (TPSA) is 46.4 Å². The van der Waals surface area contributed by atoms with Crippen molar-refractivity contribution in [2.75, 3.05) is 31.4 Å². The zero-order valence-electron chi connectivity index (χ0n) is 12.2. The normalized spacial score (nSPS) is 16.0. The van der Waals surface area contributed by atoms with Crippen LogP contribution >= 0.6 is 0 Å². The lowest BCUT2D eigenvalue weighted by atomic mass is 10.3. The van der Waals surface area contributed by atoms with E-state index in [1.165, 1.54) is 0 Å². The third-order valence-corrected chi connectivity index (χ3v) is 3.76. The molecule has 2 heterocycles. The number of rotatable bonds is 3. The Labute approximate surface area is 128 Å². The van der Waals surface area contributed by atoms with Gasteiger partial charge in [0.15, 0.2) is 0 Å². The van der Waals surface area contributed by atoms with Gasteiger partial charge in [-0.3, -0.25) is 0 Å². The summed E-state index contributed by atoms with van der Waals surface area (Å²) >= 11 is 0. The Balaban J connectivity index is 1.83. The first-order chi connectivity index (χ1) is 10.9. The lowest BCUT2D eigenvalue weighted by Gasteiger charge is -2.37. The Morgan fingerprint density at radius 1 is 0.909 bits per heavy atom. The molecule has 0 amide bonds. The molecule has 0 unspecified atom stereocenters. The van der Waals surface area contributed by atoms with Gasteiger partial charge in [-0.25, -0.2) is 0 Å². The molecule has 0 saturated carbocycles. The largest absolute Gasteiger partial charge is 0.379 e. The van der Waals surface area contributed by atoms with Crippen LogP contribution in [0.2, 0.25) is 0 Å². The number of morpholine rings is 1. The van der Waals surface area contributed by atoms with Crippen LogP contribution in [0.5, 0.6) is 0 Å². The molecule has 6 nitrogen and oxygen atoms in total. The Morgan fingerprint density at radius 2 is 1.64 bits per heavy atom. The standard InChI is InChI=1S/C16H17N5O/c1-2-6-14(7-3-1)21(19-10-12-22-13-11-19)20-16-9-5-4-8-15(16)17-18-20/h1-9H,10-13H2. The van der Waals surface area contributed by atoms with Crippen LogP contribution in [-0.2, 0) is 4.74 Å². The summed E-state index contributed by atoms with van der Waals surface area (Å²) < 4.78 is 5.48. The van der Waals surface area contributed by atoms with Gasteiger partial charge in [-0.1, -0.05) is 30.3 Å². The van der Waals surface area contributed by atoms with Gasteiger partial charge in [0.05, 0.1) is 18.9 Å². The minimum absolute atomic E-state index is 0.718. The van der Waals surface area contributed by atoms with Crippen molar-refractivity contribution in [3.63, 3.8) is 0 Å². The van der Waals surface area contributed by atoms with Crippen LogP contribution in [0.25, 0.3) is 11.0 Å². The third kappa shape index (κ3) is 2.32. The van der Waals surface area contributed by atoms with Crippen LogP contribution in [-0.4, -0.2) is 46.4 Å². The molecule has 1 saturated heterocycles. The van der Waals surface area contributed by atoms with Gasteiger partial charge in [0.2, 0.25) is 0 Å².